The molecule has 4 rings (SSSR count). The SMILES string of the molecule is C1=CC[C]([Hf]([C]2=CC=CC2)=[Si](c2ccccc2)c2ccccc2)=C1.Cl.Cl. The molecule has 0 heterocycles. The molecule has 26 heavy (non-hydrogen) atoms. The maximum absolute atomic E-state index is 2.44. The van der Waals surface area contributed by atoms with E-state index in [1.807, 2.05) is 0 Å². The van der Waals surface area contributed by atoms with Crippen LogP contribution in [-0.2, 0) is 20.1 Å². The first-order valence-electron chi connectivity index (χ1n) is 8.51. The largest absolute Gasteiger partial charge is 0.147 e. The maximum atomic E-state index is 2.44. The average Bonchev–Trinajstić information content (AvgIpc) is 3.35. The fraction of sp³-hybridized carbons (Fsp3) is 0.0909. The van der Waals surface area contributed by atoms with E-state index in [1.54, 1.807) is 17.0 Å². The van der Waals surface area contributed by atoms with Gasteiger partial charge in [-0.2, -0.15) is 0 Å². The Hall–Kier alpha value is -0.933. The van der Waals surface area contributed by atoms with Crippen molar-refractivity contribution in [2.45, 2.75) is 12.8 Å². The van der Waals surface area contributed by atoms with Gasteiger partial charge in [-0.1, -0.05) is 0 Å². The van der Waals surface area contributed by atoms with Crippen LogP contribution in [0.4, 0.5) is 0 Å². The predicted octanol–water partition coefficient (Wildman–Crippen LogP) is 4.94. The van der Waals surface area contributed by atoms with Crippen LogP contribution in [0, 0.1) is 0 Å². The molecule has 2 aliphatic rings. The summed E-state index contributed by atoms with van der Waals surface area (Å²) < 4.78 is 3.58. The molecule has 0 saturated carbocycles. The summed E-state index contributed by atoms with van der Waals surface area (Å²) in [5.74, 6) is 0. The minimum Gasteiger partial charge on any atom is -0.147 e. The molecule has 0 radical (unpaired) electrons. The third-order valence-corrected chi connectivity index (χ3v) is 31.0. The van der Waals surface area contributed by atoms with Gasteiger partial charge in [0.1, 0.15) is 0 Å². The first kappa shape index (κ1) is 21.4. The Bertz CT molecular complexity index is 821. The second-order valence-corrected chi connectivity index (χ2v) is 24.8. The van der Waals surface area contributed by atoms with Crippen LogP contribution < -0.4 is 10.4 Å². The van der Waals surface area contributed by atoms with Crippen LogP contribution >= 0.6 is 24.8 Å². The van der Waals surface area contributed by atoms with E-state index in [4.69, 9.17) is 0 Å². The van der Waals surface area contributed by atoms with E-state index in [0.717, 1.165) is 0 Å². The minimum absolute atomic E-state index is 0. The van der Waals surface area contributed by atoms with Gasteiger partial charge in [0.2, 0.25) is 0 Å². The van der Waals surface area contributed by atoms with Gasteiger partial charge in [0.05, 0.1) is 0 Å². The predicted molar refractivity (Wildman–Crippen MR) is 116 cm³/mol. The third-order valence-electron chi connectivity index (χ3n) is 4.56. The van der Waals surface area contributed by atoms with Gasteiger partial charge in [-0.05, 0) is 0 Å². The fourth-order valence-electron chi connectivity index (χ4n) is 3.46. The Morgan fingerprint density at radius 3 is 1.38 bits per heavy atom. The first-order chi connectivity index (χ1) is 11.9. The van der Waals surface area contributed by atoms with Crippen LogP contribution in [-0.4, -0.2) is 5.49 Å². The van der Waals surface area contributed by atoms with Crippen LogP contribution in [0.5, 0.6) is 0 Å². The van der Waals surface area contributed by atoms with Crippen LogP contribution in [0.1, 0.15) is 12.8 Å². The van der Waals surface area contributed by atoms with Crippen molar-refractivity contribution in [2.75, 3.05) is 0 Å². The summed E-state index contributed by atoms with van der Waals surface area (Å²) in [5.41, 5.74) is -0.708. The number of benzene rings is 2. The number of halogens is 2. The van der Waals surface area contributed by atoms with Gasteiger partial charge in [0.25, 0.3) is 0 Å². The molecule has 132 valence electrons. The van der Waals surface area contributed by atoms with E-state index in [-0.39, 0.29) is 24.8 Å². The topological polar surface area (TPSA) is 0 Å². The molecule has 0 atom stereocenters. The van der Waals surface area contributed by atoms with Gasteiger partial charge in [-0.15, -0.1) is 24.8 Å². The molecule has 0 amide bonds. The summed E-state index contributed by atoms with van der Waals surface area (Å²) in [6.07, 6.45) is 16.5. The molecule has 0 aromatic heterocycles. The molecule has 0 nitrogen and oxygen atoms in total. The zero-order chi connectivity index (χ0) is 16.2. The van der Waals surface area contributed by atoms with E-state index in [9.17, 15) is 0 Å². The number of rotatable bonds is 4. The molecule has 2 aromatic rings. The molecule has 0 aliphatic heterocycles. The third kappa shape index (κ3) is 4.67. The standard InChI is InChI=1S/C12H10Si.2C5H5.2ClH.Hf/c1-3-7-11(8-4-1)13-12-9-5-2-6-10-12;2*1-2-4-5-3-1;;;/h1-10H;2*1-3H,4H2;2*1H;. The summed E-state index contributed by atoms with van der Waals surface area (Å²) in [5, 5.41) is 3.19. The van der Waals surface area contributed by atoms with Crippen molar-refractivity contribution in [3.05, 3.63) is 104 Å². The maximum Gasteiger partial charge on any atom is -0.147 e. The molecule has 0 unspecified atom stereocenters. The van der Waals surface area contributed by atoms with E-state index in [0.29, 0.717) is 0 Å². The van der Waals surface area contributed by atoms with E-state index in [1.165, 1.54) is 12.8 Å². The van der Waals surface area contributed by atoms with Crippen LogP contribution in [0.25, 0.3) is 0 Å². The van der Waals surface area contributed by atoms with Crippen molar-refractivity contribution in [1.29, 1.82) is 0 Å². The second-order valence-electron chi connectivity index (χ2n) is 6.13. The molecular formula is C22H22Cl2HfSi. The zero-order valence-corrected chi connectivity index (χ0v) is 20.7. The van der Waals surface area contributed by atoms with Gasteiger partial charge in [-0.25, -0.2) is 0 Å². The van der Waals surface area contributed by atoms with Crippen molar-refractivity contribution in [2.24, 2.45) is 0 Å². The summed E-state index contributed by atoms with van der Waals surface area (Å²) in [4.78, 5) is 0. The smallest absolute Gasteiger partial charge is 0.147 e. The van der Waals surface area contributed by atoms with Crippen molar-refractivity contribution >= 4 is 40.7 Å². The molecule has 2 aliphatic carbocycles. The summed E-state index contributed by atoms with van der Waals surface area (Å²) in [6.45, 7) is 0. The van der Waals surface area contributed by atoms with Gasteiger partial charge in [0.15, 0.2) is 0 Å². The normalized spacial score (nSPS) is 14.2. The van der Waals surface area contributed by atoms with E-state index in [2.05, 4.69) is 97.1 Å². The van der Waals surface area contributed by atoms with Gasteiger partial charge < -0.3 is 0 Å². The molecule has 0 saturated heterocycles. The average molecular weight is 564 g/mol. The Kier molecular flexibility index (Phi) is 8.56. The molecule has 0 spiro atoms. The Labute approximate surface area is 176 Å². The van der Waals surface area contributed by atoms with Crippen LogP contribution in [0.3, 0.4) is 0 Å². The molecule has 0 N–H and O–H groups in total. The van der Waals surface area contributed by atoms with Crippen LogP contribution in [0.2, 0.25) is 0 Å². The minimum atomic E-state index is -2.14. The van der Waals surface area contributed by atoms with E-state index < -0.39 is 25.6 Å². The first-order valence-corrected chi connectivity index (χ1v) is 19.0. The molecule has 0 fully saturated rings. The Morgan fingerprint density at radius 2 is 1.04 bits per heavy atom. The molecule has 0 bridgehead atoms. The molecule has 4 heteroatoms. The second kappa shape index (κ2) is 10.4. The zero-order valence-electron chi connectivity index (χ0n) is 14.5. The summed E-state index contributed by atoms with van der Waals surface area (Å²) in [6, 6.07) is 22.6. The van der Waals surface area contributed by atoms with Gasteiger partial charge >= 0.3 is 153 Å². The van der Waals surface area contributed by atoms with Crippen LogP contribution in [0.15, 0.2) is 104 Å². The number of hydrogen-bond acceptors (Lipinski definition) is 0. The van der Waals surface area contributed by atoms with Crippen molar-refractivity contribution < 1.29 is 20.1 Å². The fourth-order valence-corrected chi connectivity index (χ4v) is 31.5. The van der Waals surface area contributed by atoms with Crippen molar-refractivity contribution in [3.8, 4) is 0 Å². The molecule has 2 aromatic carbocycles. The number of hydrogen-bond donors (Lipinski definition) is 0. The summed E-state index contributed by atoms with van der Waals surface area (Å²) in [7, 11) is 0. The molecular weight excluding hydrogens is 542 g/mol. The van der Waals surface area contributed by atoms with Crippen molar-refractivity contribution in [3.63, 3.8) is 0 Å². The Morgan fingerprint density at radius 1 is 0.615 bits per heavy atom. The van der Waals surface area contributed by atoms with Crippen molar-refractivity contribution in [1.82, 2.24) is 0 Å². The Balaban J connectivity index is 0.00000121. The number of allylic oxidation sites excluding steroid dienone is 8. The van der Waals surface area contributed by atoms with Gasteiger partial charge in [0, 0.05) is 0 Å². The van der Waals surface area contributed by atoms with E-state index >= 15 is 0 Å². The van der Waals surface area contributed by atoms with Gasteiger partial charge in [-0.3, -0.25) is 0 Å². The summed E-state index contributed by atoms with van der Waals surface area (Å²) >= 11 is -2.14. The quantitative estimate of drug-likeness (QED) is 0.463. The monoisotopic (exact) mass is 564 g/mol.